The minimum absolute atomic E-state index is 0.959. The van der Waals surface area contributed by atoms with Crippen LogP contribution >= 0.6 is 0 Å². The zero-order chi connectivity index (χ0) is 7.56. The zero-order valence-electron chi connectivity index (χ0n) is 6.89. The Balaban J connectivity index is 2.48. The molecule has 1 aliphatic heterocycles. The Hall–Kier alpha value is -0.700. The van der Waals surface area contributed by atoms with E-state index in [4.69, 9.17) is 0 Å². The molecule has 0 fully saturated rings. The van der Waals surface area contributed by atoms with E-state index >= 15 is 0 Å². The van der Waals surface area contributed by atoms with Crippen molar-refractivity contribution in [2.75, 3.05) is 34.4 Å². The van der Waals surface area contributed by atoms with Gasteiger partial charge < -0.3 is 15.1 Å². The van der Waals surface area contributed by atoms with Gasteiger partial charge in [0.05, 0.1) is 6.67 Å². The maximum Gasteiger partial charge on any atom is 0.0890 e. The van der Waals surface area contributed by atoms with E-state index in [0.717, 1.165) is 13.2 Å². The molecule has 0 unspecified atom stereocenters. The lowest BCUT2D eigenvalue weighted by atomic mass is 10.4. The first-order valence-electron chi connectivity index (χ1n) is 3.50. The third-order valence-corrected chi connectivity index (χ3v) is 1.65. The van der Waals surface area contributed by atoms with Crippen molar-refractivity contribution in [3.05, 3.63) is 11.9 Å². The zero-order valence-corrected chi connectivity index (χ0v) is 6.89. The van der Waals surface area contributed by atoms with Gasteiger partial charge in [0.25, 0.3) is 0 Å². The van der Waals surface area contributed by atoms with Crippen LogP contribution in [0.4, 0.5) is 0 Å². The number of rotatable bonds is 2. The quantitative estimate of drug-likeness (QED) is 0.578. The Bertz CT molecular complexity index is 142. The van der Waals surface area contributed by atoms with E-state index in [1.165, 1.54) is 5.70 Å². The minimum Gasteiger partial charge on any atom is -0.361 e. The lowest BCUT2D eigenvalue weighted by Crippen LogP contribution is -2.24. The molecule has 3 heteroatoms. The smallest absolute Gasteiger partial charge is 0.0890 e. The minimum atomic E-state index is 0.959. The molecule has 0 bridgehead atoms. The molecule has 3 nitrogen and oxygen atoms in total. The predicted octanol–water partition coefficient (Wildman–Crippen LogP) is -0.118. The van der Waals surface area contributed by atoms with Crippen LogP contribution < -0.4 is 5.32 Å². The van der Waals surface area contributed by atoms with Crippen molar-refractivity contribution in [3.63, 3.8) is 0 Å². The van der Waals surface area contributed by atoms with Crippen LogP contribution in [0.1, 0.15) is 0 Å². The van der Waals surface area contributed by atoms with E-state index in [-0.39, 0.29) is 0 Å². The summed E-state index contributed by atoms with van der Waals surface area (Å²) < 4.78 is 0. The summed E-state index contributed by atoms with van der Waals surface area (Å²) in [4.78, 5) is 4.41. The molecule has 0 saturated heterocycles. The van der Waals surface area contributed by atoms with E-state index in [1.807, 2.05) is 7.05 Å². The topological polar surface area (TPSA) is 18.5 Å². The van der Waals surface area contributed by atoms with Crippen LogP contribution in [0.5, 0.6) is 0 Å². The second-order valence-corrected chi connectivity index (χ2v) is 2.75. The van der Waals surface area contributed by atoms with Crippen molar-refractivity contribution in [1.29, 1.82) is 0 Å². The fourth-order valence-electron chi connectivity index (χ4n) is 1.18. The molecule has 1 aliphatic rings. The van der Waals surface area contributed by atoms with Gasteiger partial charge in [0.1, 0.15) is 0 Å². The van der Waals surface area contributed by atoms with Crippen LogP contribution in [0.25, 0.3) is 0 Å². The molecular weight excluding hydrogens is 126 g/mol. The average molecular weight is 141 g/mol. The molecule has 0 amide bonds. The van der Waals surface area contributed by atoms with E-state index in [9.17, 15) is 0 Å². The lowest BCUT2D eigenvalue weighted by Gasteiger charge is -2.15. The highest BCUT2D eigenvalue weighted by atomic mass is 15.3. The monoisotopic (exact) mass is 141 g/mol. The molecule has 0 spiro atoms. The van der Waals surface area contributed by atoms with E-state index in [1.54, 1.807) is 0 Å². The van der Waals surface area contributed by atoms with Gasteiger partial charge in [-0.05, 0) is 7.05 Å². The first-order valence-corrected chi connectivity index (χ1v) is 3.50. The van der Waals surface area contributed by atoms with Crippen molar-refractivity contribution < 1.29 is 0 Å². The van der Waals surface area contributed by atoms with Gasteiger partial charge in [-0.1, -0.05) is 0 Å². The van der Waals surface area contributed by atoms with Crippen LogP contribution in [0, 0.1) is 0 Å². The highest BCUT2D eigenvalue weighted by Gasteiger charge is 2.12. The lowest BCUT2D eigenvalue weighted by molar-refractivity contribution is 0.323. The molecule has 0 aromatic carbocycles. The summed E-state index contributed by atoms with van der Waals surface area (Å²) in [6.45, 7) is 1.97. The molecule has 10 heavy (non-hydrogen) atoms. The van der Waals surface area contributed by atoms with Gasteiger partial charge in [0, 0.05) is 32.5 Å². The van der Waals surface area contributed by atoms with Gasteiger partial charge in [-0.25, -0.2) is 0 Å². The molecule has 1 N–H and O–H groups in total. The Kier molecular flexibility index (Phi) is 2.17. The maximum absolute atomic E-state index is 3.12. The molecule has 0 aromatic heterocycles. The SMILES string of the molecule is CNCC1=CN(C)CN1C. The van der Waals surface area contributed by atoms with Gasteiger partial charge in [0.2, 0.25) is 0 Å². The average Bonchev–Trinajstić information content (AvgIpc) is 2.13. The Labute approximate surface area is 62.3 Å². The summed E-state index contributed by atoms with van der Waals surface area (Å²) in [5.41, 5.74) is 1.35. The number of nitrogens with one attached hydrogen (secondary N) is 1. The van der Waals surface area contributed by atoms with Gasteiger partial charge in [0.15, 0.2) is 0 Å². The summed E-state index contributed by atoms with van der Waals surface area (Å²) in [7, 11) is 6.15. The van der Waals surface area contributed by atoms with Crippen LogP contribution in [0.2, 0.25) is 0 Å². The van der Waals surface area contributed by atoms with Crippen molar-refractivity contribution in [1.82, 2.24) is 15.1 Å². The standard InChI is InChI=1S/C7H15N3/c1-8-4-7-5-9(2)6-10(7)3/h5,8H,4,6H2,1-3H3. The molecular formula is C7H15N3. The summed E-state index contributed by atoms with van der Waals surface area (Å²) >= 11 is 0. The first-order chi connectivity index (χ1) is 4.74. The normalized spacial score (nSPS) is 18.1. The highest BCUT2D eigenvalue weighted by molar-refractivity contribution is 5.06. The third kappa shape index (κ3) is 1.42. The van der Waals surface area contributed by atoms with Crippen molar-refractivity contribution in [2.45, 2.75) is 0 Å². The third-order valence-electron chi connectivity index (χ3n) is 1.65. The molecule has 0 radical (unpaired) electrons. The van der Waals surface area contributed by atoms with E-state index in [2.05, 4.69) is 35.4 Å². The number of hydrogen-bond acceptors (Lipinski definition) is 3. The van der Waals surface area contributed by atoms with Crippen molar-refractivity contribution >= 4 is 0 Å². The van der Waals surface area contributed by atoms with E-state index in [0.29, 0.717) is 0 Å². The Morgan fingerprint density at radius 1 is 1.60 bits per heavy atom. The first kappa shape index (κ1) is 7.41. The summed E-state index contributed by atoms with van der Waals surface area (Å²) in [6, 6.07) is 0. The second kappa shape index (κ2) is 2.92. The van der Waals surface area contributed by atoms with Crippen molar-refractivity contribution in [3.8, 4) is 0 Å². The molecule has 0 saturated carbocycles. The van der Waals surface area contributed by atoms with Gasteiger partial charge in [-0.15, -0.1) is 0 Å². The van der Waals surface area contributed by atoms with Crippen LogP contribution in [0.15, 0.2) is 11.9 Å². The number of nitrogens with zero attached hydrogens (tertiary/aromatic N) is 2. The molecule has 1 rings (SSSR count). The maximum atomic E-state index is 3.12. The van der Waals surface area contributed by atoms with Gasteiger partial charge >= 0.3 is 0 Å². The predicted molar refractivity (Wildman–Crippen MR) is 42.4 cm³/mol. The van der Waals surface area contributed by atoms with Crippen molar-refractivity contribution in [2.24, 2.45) is 0 Å². The van der Waals surface area contributed by atoms with Crippen LogP contribution in [-0.4, -0.2) is 44.2 Å². The molecule has 0 aromatic rings. The molecule has 58 valence electrons. The summed E-state index contributed by atoms with van der Waals surface area (Å²) in [6.07, 6.45) is 2.16. The molecule has 0 atom stereocenters. The Morgan fingerprint density at radius 2 is 2.30 bits per heavy atom. The fourth-order valence-corrected chi connectivity index (χ4v) is 1.18. The Morgan fingerprint density at radius 3 is 2.70 bits per heavy atom. The molecule has 1 heterocycles. The summed E-state index contributed by atoms with van der Waals surface area (Å²) in [5, 5.41) is 3.12. The fraction of sp³-hybridized carbons (Fsp3) is 0.714. The van der Waals surface area contributed by atoms with Crippen LogP contribution in [-0.2, 0) is 0 Å². The van der Waals surface area contributed by atoms with E-state index < -0.39 is 0 Å². The summed E-state index contributed by atoms with van der Waals surface area (Å²) in [5.74, 6) is 0. The van der Waals surface area contributed by atoms with Gasteiger partial charge in [-0.3, -0.25) is 0 Å². The van der Waals surface area contributed by atoms with Crippen LogP contribution in [0.3, 0.4) is 0 Å². The number of hydrogen-bond donors (Lipinski definition) is 1. The second-order valence-electron chi connectivity index (χ2n) is 2.75. The largest absolute Gasteiger partial charge is 0.361 e. The molecule has 0 aliphatic carbocycles. The highest BCUT2D eigenvalue weighted by Crippen LogP contribution is 2.09. The number of likely N-dealkylation sites (N-methyl/N-ethyl adjacent to an activating group) is 2. The van der Waals surface area contributed by atoms with Gasteiger partial charge in [-0.2, -0.15) is 0 Å².